The van der Waals surface area contributed by atoms with Gasteiger partial charge in [-0.3, -0.25) is 0 Å². The van der Waals surface area contributed by atoms with Crippen LogP contribution in [-0.4, -0.2) is 47.4 Å². The molecule has 2 aliphatic heterocycles. The predicted molar refractivity (Wildman–Crippen MR) is 193 cm³/mol. The smallest absolute Gasteiger partial charge is 0.205 e. The molecule has 0 bridgehead atoms. The van der Waals surface area contributed by atoms with Crippen LogP contribution in [0.5, 0.6) is 0 Å². The van der Waals surface area contributed by atoms with E-state index in [1.54, 1.807) is 32.0 Å². The number of halogens is 10. The Morgan fingerprint density at radius 2 is 1.10 bits per heavy atom. The van der Waals surface area contributed by atoms with Gasteiger partial charge < -0.3 is 0 Å². The van der Waals surface area contributed by atoms with E-state index in [4.69, 9.17) is 17.2 Å². The number of fused-ring (bicyclic) bond motifs is 2. The second kappa shape index (κ2) is 16.2. The van der Waals surface area contributed by atoms with Gasteiger partial charge >= 0.3 is 219 Å². The molecule has 0 saturated heterocycles. The van der Waals surface area contributed by atoms with E-state index in [9.17, 15) is 35.1 Å². The molecule has 0 saturated carbocycles. The quantitative estimate of drug-likeness (QED) is 0.0449. The van der Waals surface area contributed by atoms with E-state index in [1.807, 2.05) is 0 Å². The number of hydrogen-bond acceptors (Lipinski definition) is 4. The van der Waals surface area contributed by atoms with Crippen molar-refractivity contribution in [1.82, 2.24) is 0 Å². The molecule has 19 heteroatoms. The minimum absolute atomic E-state index is 0.0316. The standard InChI is InChI=1S/C13H14F4IN3O.C10H13IO.C7H13F4N3Si/c1-11(2)9-5-3-4-6-10(9)18(22-11)13(16,17)12(14,15)7-8-20-21-19;1-10(2)8-6-4-5-7-9(8)11(3)12-10;1-15(2,3)7(10,11)6(8,9)4-5-13-14-12/h3-6H,7-8H2,1-2H3;4-7H,1-3H3;4-5H2,1-3H3. The maximum absolute atomic E-state index is 14.4. The fourth-order valence-electron chi connectivity index (χ4n) is 4.55. The molecule has 2 aromatic carbocycles. The van der Waals surface area contributed by atoms with Gasteiger partial charge in [0.25, 0.3) is 5.55 Å². The van der Waals surface area contributed by atoms with Crippen LogP contribution in [-0.2, 0) is 17.3 Å². The van der Waals surface area contributed by atoms with Gasteiger partial charge in [0.1, 0.15) is 8.07 Å². The average molecular weight is 951 g/mol. The Kier molecular flexibility index (Phi) is 14.3. The van der Waals surface area contributed by atoms with E-state index in [0.29, 0.717) is 5.56 Å². The summed E-state index contributed by atoms with van der Waals surface area (Å²) in [6.07, 6.45) is -2.32. The summed E-state index contributed by atoms with van der Waals surface area (Å²) in [6.45, 7) is 9.73. The first-order valence-corrected chi connectivity index (χ1v) is 25.4. The van der Waals surface area contributed by atoms with Crippen molar-refractivity contribution >= 4 is 48.5 Å². The molecule has 4 rings (SSSR count). The third-order valence-corrected chi connectivity index (χ3v) is 19.5. The normalized spacial score (nSPS) is 18.0. The Bertz CT molecular complexity index is 1550. The average Bonchev–Trinajstić information content (AvgIpc) is 3.41. The predicted octanol–water partition coefficient (Wildman–Crippen LogP) is 12.5. The Hall–Kier alpha value is -1.90. The van der Waals surface area contributed by atoms with E-state index in [2.05, 4.69) is 63.1 Å². The van der Waals surface area contributed by atoms with E-state index in [-0.39, 0.29) is 9.17 Å². The summed E-state index contributed by atoms with van der Waals surface area (Å²) >= 11 is -5.16. The SMILES string of the molecule is CC1(C)OI(C(F)(F)C(F)(F)CCN=[N+]=[N-])c2ccccc21.CI1OC(C)(C)c2ccccc21.C[Si](C)(C)C(F)(F)C(F)(F)CCN=[N+]=[N-]. The Morgan fingerprint density at radius 1 is 0.694 bits per heavy atom. The van der Waals surface area contributed by atoms with Gasteiger partial charge in [0.05, 0.1) is 0 Å². The molecule has 49 heavy (non-hydrogen) atoms. The van der Waals surface area contributed by atoms with Crippen LogP contribution in [0.1, 0.15) is 51.7 Å². The van der Waals surface area contributed by atoms with Gasteiger partial charge in [-0.15, -0.1) is 0 Å². The van der Waals surface area contributed by atoms with Gasteiger partial charge in [0.2, 0.25) is 0 Å². The first-order chi connectivity index (χ1) is 22.3. The molecule has 0 aliphatic carbocycles. The number of benzene rings is 2. The van der Waals surface area contributed by atoms with Crippen molar-refractivity contribution in [2.75, 3.05) is 18.0 Å². The molecule has 0 atom stereocenters. The van der Waals surface area contributed by atoms with Gasteiger partial charge in [-0.05, 0) is 5.53 Å². The monoisotopic (exact) mass is 950 g/mol. The number of nitrogens with zero attached hydrogens (tertiary/aromatic N) is 6. The molecule has 0 fully saturated rings. The molecule has 2 heterocycles. The van der Waals surface area contributed by atoms with Crippen LogP contribution in [0.2, 0.25) is 19.6 Å². The van der Waals surface area contributed by atoms with E-state index in [0.717, 1.165) is 0 Å². The summed E-state index contributed by atoms with van der Waals surface area (Å²) in [5.74, 6) is -8.38. The fourth-order valence-corrected chi connectivity index (χ4v) is 15.7. The minimum atomic E-state index is -4.28. The van der Waals surface area contributed by atoms with Crippen molar-refractivity contribution in [2.45, 2.75) is 92.7 Å². The van der Waals surface area contributed by atoms with Crippen molar-refractivity contribution in [1.29, 1.82) is 0 Å². The minimum Gasteiger partial charge on any atom is -0.205 e. The Morgan fingerprint density at radius 3 is 1.55 bits per heavy atom. The second-order valence-electron chi connectivity index (χ2n) is 12.9. The van der Waals surface area contributed by atoms with E-state index >= 15 is 0 Å². The Labute approximate surface area is 296 Å². The third kappa shape index (κ3) is 9.91. The van der Waals surface area contributed by atoms with Gasteiger partial charge in [0.15, 0.2) is 0 Å². The molecule has 0 aromatic heterocycles. The van der Waals surface area contributed by atoms with Crippen molar-refractivity contribution < 1.29 is 41.3 Å². The largest absolute Gasteiger partial charge is 0.306 e. The molecule has 8 nitrogen and oxygen atoms in total. The Balaban J connectivity index is 0.000000269. The van der Waals surface area contributed by atoms with Crippen LogP contribution in [0.4, 0.5) is 35.1 Å². The molecular weight excluding hydrogens is 910 g/mol. The summed E-state index contributed by atoms with van der Waals surface area (Å²) in [6, 6.07) is 14.9. The fraction of sp³-hybridized carbons (Fsp3) is 0.600. The molecule has 0 spiro atoms. The van der Waals surface area contributed by atoms with Crippen molar-refractivity contribution in [2.24, 2.45) is 10.2 Å². The van der Waals surface area contributed by atoms with Gasteiger partial charge in [-0.25, -0.2) is 17.6 Å². The zero-order chi connectivity index (χ0) is 37.7. The molecular formula is C30H40F8I2N6O2Si. The molecule has 0 amide bonds. The van der Waals surface area contributed by atoms with Crippen molar-refractivity contribution in [3.8, 4) is 0 Å². The van der Waals surface area contributed by atoms with Gasteiger partial charge in [-0.1, -0.05) is 24.8 Å². The molecule has 0 unspecified atom stereocenters. The van der Waals surface area contributed by atoms with Crippen molar-refractivity contribution in [3.05, 3.63) is 87.7 Å². The van der Waals surface area contributed by atoms with Crippen molar-refractivity contribution in [3.63, 3.8) is 0 Å². The molecule has 2 aliphatic rings. The summed E-state index contributed by atoms with van der Waals surface area (Å²) < 4.78 is 118. The van der Waals surface area contributed by atoms with Crippen LogP contribution in [0.3, 0.4) is 0 Å². The number of hydrogen-bond donors (Lipinski definition) is 0. The van der Waals surface area contributed by atoms with Crippen LogP contribution in [0.25, 0.3) is 20.9 Å². The zero-order valence-electron chi connectivity index (χ0n) is 28.2. The first kappa shape index (κ1) is 43.3. The zero-order valence-corrected chi connectivity index (χ0v) is 33.5. The van der Waals surface area contributed by atoms with Crippen LogP contribution in [0, 0.1) is 7.14 Å². The second-order valence-corrected chi connectivity index (χ2v) is 26.5. The first-order valence-electron chi connectivity index (χ1n) is 14.7. The molecule has 0 N–H and O–H groups in total. The van der Waals surface area contributed by atoms with E-state index in [1.165, 1.54) is 34.8 Å². The topological polar surface area (TPSA) is 116 Å². The van der Waals surface area contributed by atoms with Gasteiger partial charge in [0, 0.05) is 17.9 Å². The number of rotatable bonds is 10. The van der Waals surface area contributed by atoms with Crippen LogP contribution >= 0.6 is 40.5 Å². The maximum atomic E-state index is 14.4. The summed E-state index contributed by atoms with van der Waals surface area (Å²) in [5.41, 5.74) is 12.8. The van der Waals surface area contributed by atoms with Gasteiger partial charge in [-0.2, -0.15) is 0 Å². The number of azide groups is 2. The van der Waals surface area contributed by atoms with Crippen LogP contribution in [0.15, 0.2) is 58.8 Å². The van der Waals surface area contributed by atoms with E-state index < -0.39 is 101 Å². The molecule has 0 radical (unpaired) electrons. The summed E-state index contributed by atoms with van der Waals surface area (Å²) in [7, 11) is -3.30. The third-order valence-electron chi connectivity index (χ3n) is 7.30. The summed E-state index contributed by atoms with van der Waals surface area (Å²) in [4.78, 5) is 6.81. The maximum Gasteiger partial charge on any atom is 0.306 e. The molecule has 2 aromatic rings. The molecule has 276 valence electrons. The van der Waals surface area contributed by atoms with Crippen LogP contribution < -0.4 is 0 Å². The number of alkyl halides is 10. The summed E-state index contributed by atoms with van der Waals surface area (Å²) in [5, 5.41) is 5.75.